The average Bonchev–Trinajstić information content (AvgIpc) is 3.00. The van der Waals surface area contributed by atoms with Crippen molar-refractivity contribution in [2.24, 2.45) is 5.14 Å². The van der Waals surface area contributed by atoms with E-state index in [2.05, 4.69) is 15.1 Å². The van der Waals surface area contributed by atoms with Gasteiger partial charge in [0.05, 0.1) is 0 Å². The lowest BCUT2D eigenvalue weighted by atomic mass is 10.2. The maximum Gasteiger partial charge on any atom is 0.453 e. The highest BCUT2D eigenvalue weighted by atomic mass is 32.2. The van der Waals surface area contributed by atoms with Gasteiger partial charge >= 0.3 is 6.18 Å². The highest BCUT2D eigenvalue weighted by Crippen LogP contribution is 2.30. The zero-order valence-electron chi connectivity index (χ0n) is 12.8. The van der Waals surface area contributed by atoms with Gasteiger partial charge in [-0.15, -0.1) is 5.10 Å². The molecule has 12 heteroatoms. The number of sulfonamides is 1. The van der Waals surface area contributed by atoms with E-state index in [9.17, 15) is 21.6 Å². The quantitative estimate of drug-likeness (QED) is 0.660. The summed E-state index contributed by atoms with van der Waals surface area (Å²) in [5.74, 6) is -1.55. The van der Waals surface area contributed by atoms with Crippen molar-refractivity contribution in [2.75, 3.05) is 5.73 Å². The van der Waals surface area contributed by atoms with Gasteiger partial charge in [0, 0.05) is 17.4 Å². The summed E-state index contributed by atoms with van der Waals surface area (Å²) in [5, 5.41) is 8.43. The van der Waals surface area contributed by atoms with Gasteiger partial charge < -0.3 is 5.73 Å². The number of hydrogen-bond donors (Lipinski definition) is 2. The number of halogens is 3. The molecule has 0 aliphatic rings. The van der Waals surface area contributed by atoms with Gasteiger partial charge in [-0.3, -0.25) is 0 Å². The third kappa shape index (κ3) is 3.50. The average molecular weight is 384 g/mol. The molecular weight excluding hydrogens is 373 g/mol. The summed E-state index contributed by atoms with van der Waals surface area (Å²) >= 11 is 0. The Hall–Kier alpha value is -2.99. The number of anilines is 1. The molecule has 0 aliphatic heterocycles. The van der Waals surface area contributed by atoms with Gasteiger partial charge in [-0.25, -0.2) is 23.5 Å². The smallest absolute Gasteiger partial charge is 0.399 e. The summed E-state index contributed by atoms with van der Waals surface area (Å²) in [6, 6.07) is 8.25. The Morgan fingerprint density at radius 2 is 1.69 bits per heavy atom. The molecular formula is C14H11F3N6O2S. The van der Waals surface area contributed by atoms with Crippen LogP contribution in [0.3, 0.4) is 0 Å². The van der Waals surface area contributed by atoms with Gasteiger partial charge in [0.25, 0.3) is 5.82 Å². The maximum atomic E-state index is 13.0. The van der Waals surface area contributed by atoms with Crippen LogP contribution in [0.1, 0.15) is 5.82 Å². The van der Waals surface area contributed by atoms with E-state index in [1.165, 1.54) is 30.3 Å². The van der Waals surface area contributed by atoms with Gasteiger partial charge in [-0.05, 0) is 36.4 Å². The Labute approximate surface area is 145 Å². The number of nitrogens with two attached hydrogens (primary N) is 2. The van der Waals surface area contributed by atoms with E-state index in [-0.39, 0.29) is 16.5 Å². The van der Waals surface area contributed by atoms with Crippen LogP contribution in [0.15, 0.2) is 47.5 Å². The molecule has 8 nitrogen and oxygen atoms in total. The Bertz CT molecular complexity index is 1040. The van der Waals surface area contributed by atoms with Crippen LogP contribution in [0.25, 0.3) is 17.2 Å². The fourth-order valence-corrected chi connectivity index (χ4v) is 2.53. The summed E-state index contributed by atoms with van der Waals surface area (Å²) in [6.07, 6.45) is -3.85. The molecule has 1 aromatic carbocycles. The molecule has 3 aromatic rings. The van der Waals surface area contributed by atoms with Crippen LogP contribution in [0.5, 0.6) is 0 Å². The molecule has 0 fully saturated rings. The van der Waals surface area contributed by atoms with Gasteiger partial charge in [0.2, 0.25) is 10.0 Å². The van der Waals surface area contributed by atoms with Crippen molar-refractivity contribution in [3.63, 3.8) is 0 Å². The number of pyridine rings is 1. The fourth-order valence-electron chi connectivity index (χ4n) is 2.08. The van der Waals surface area contributed by atoms with Crippen LogP contribution < -0.4 is 10.9 Å². The first kappa shape index (κ1) is 17.8. The number of nitrogen functional groups attached to an aromatic ring is 1. The van der Waals surface area contributed by atoms with Crippen LogP contribution in [-0.4, -0.2) is 28.2 Å². The van der Waals surface area contributed by atoms with E-state index in [4.69, 9.17) is 10.9 Å². The molecule has 2 aromatic heterocycles. The van der Waals surface area contributed by atoms with Gasteiger partial charge in [0.15, 0.2) is 11.6 Å². The van der Waals surface area contributed by atoms with E-state index < -0.39 is 22.0 Å². The van der Waals surface area contributed by atoms with Crippen LogP contribution in [0.2, 0.25) is 0 Å². The Kier molecular flexibility index (Phi) is 4.16. The lowest BCUT2D eigenvalue weighted by Crippen LogP contribution is -2.13. The standard InChI is InChI=1S/C14H11F3N6O2S/c15-14(16,17)13-21-12(8-1-3-9(18)4-2-8)23(22-13)11-6-5-10(7-20-11)26(19,24)25/h1-7H,18H2,(H2,19,24,25). The highest BCUT2D eigenvalue weighted by molar-refractivity contribution is 7.89. The van der Waals surface area contributed by atoms with Crippen molar-refractivity contribution >= 4 is 15.7 Å². The molecule has 0 bridgehead atoms. The zero-order chi connectivity index (χ0) is 19.1. The van der Waals surface area contributed by atoms with E-state index in [1.54, 1.807) is 0 Å². The largest absolute Gasteiger partial charge is 0.453 e. The molecule has 0 aliphatic carbocycles. The normalized spacial score (nSPS) is 12.3. The van der Waals surface area contributed by atoms with Crippen LogP contribution in [0, 0.1) is 0 Å². The monoisotopic (exact) mass is 384 g/mol. The molecule has 0 unspecified atom stereocenters. The molecule has 136 valence electrons. The minimum absolute atomic E-state index is 0.0628. The number of nitrogens with zero attached hydrogens (tertiary/aromatic N) is 4. The third-order valence-corrected chi connectivity index (χ3v) is 4.19. The van der Waals surface area contributed by atoms with E-state index in [1.807, 2.05) is 0 Å². The van der Waals surface area contributed by atoms with Gasteiger partial charge in [-0.2, -0.15) is 17.9 Å². The fraction of sp³-hybridized carbons (Fsp3) is 0.0714. The predicted octanol–water partition coefficient (Wildman–Crippen LogP) is 1.58. The van der Waals surface area contributed by atoms with Crippen molar-refractivity contribution in [3.8, 4) is 17.2 Å². The first-order chi connectivity index (χ1) is 12.1. The van der Waals surface area contributed by atoms with E-state index in [0.29, 0.717) is 11.3 Å². The summed E-state index contributed by atoms with van der Waals surface area (Å²) in [6.45, 7) is 0. The first-order valence-electron chi connectivity index (χ1n) is 6.95. The molecule has 0 atom stereocenters. The maximum absolute atomic E-state index is 13.0. The number of aromatic nitrogens is 4. The molecule has 3 rings (SSSR count). The third-order valence-electron chi connectivity index (χ3n) is 3.30. The lowest BCUT2D eigenvalue weighted by molar-refractivity contribution is -0.144. The second-order valence-electron chi connectivity index (χ2n) is 5.19. The Morgan fingerprint density at radius 3 is 2.19 bits per heavy atom. The van der Waals surface area contributed by atoms with Crippen molar-refractivity contribution in [1.29, 1.82) is 0 Å². The lowest BCUT2D eigenvalue weighted by Gasteiger charge is -2.06. The summed E-state index contributed by atoms with van der Waals surface area (Å²) in [4.78, 5) is 7.07. The topological polar surface area (TPSA) is 130 Å². The number of hydrogen-bond acceptors (Lipinski definition) is 6. The number of benzene rings is 1. The molecule has 4 N–H and O–H groups in total. The SMILES string of the molecule is Nc1ccc(-c2nc(C(F)(F)F)nn2-c2ccc(S(N)(=O)=O)cn2)cc1. The number of alkyl halides is 3. The van der Waals surface area contributed by atoms with E-state index >= 15 is 0 Å². The number of primary sulfonamides is 1. The van der Waals surface area contributed by atoms with Crippen LogP contribution in [-0.2, 0) is 16.2 Å². The van der Waals surface area contributed by atoms with Gasteiger partial charge in [0.1, 0.15) is 4.90 Å². The summed E-state index contributed by atoms with van der Waals surface area (Å²) in [7, 11) is -3.99. The highest BCUT2D eigenvalue weighted by Gasteiger charge is 2.37. The van der Waals surface area contributed by atoms with Gasteiger partial charge in [-0.1, -0.05) is 0 Å². The predicted molar refractivity (Wildman–Crippen MR) is 85.4 cm³/mol. The summed E-state index contributed by atoms with van der Waals surface area (Å²) in [5.41, 5.74) is 6.32. The molecule has 0 amide bonds. The summed E-state index contributed by atoms with van der Waals surface area (Å²) < 4.78 is 62.5. The van der Waals surface area contributed by atoms with Crippen LogP contribution >= 0.6 is 0 Å². The molecule has 0 spiro atoms. The minimum atomic E-state index is -4.77. The number of rotatable bonds is 3. The molecule has 0 radical (unpaired) electrons. The second kappa shape index (κ2) is 6.07. The van der Waals surface area contributed by atoms with Crippen molar-refractivity contribution in [2.45, 2.75) is 11.1 Å². The van der Waals surface area contributed by atoms with Crippen molar-refractivity contribution in [3.05, 3.63) is 48.4 Å². The van der Waals surface area contributed by atoms with E-state index in [0.717, 1.165) is 16.9 Å². The molecule has 2 heterocycles. The first-order valence-corrected chi connectivity index (χ1v) is 8.50. The Morgan fingerprint density at radius 1 is 1.04 bits per heavy atom. The Balaban J connectivity index is 2.16. The second-order valence-corrected chi connectivity index (χ2v) is 6.75. The zero-order valence-corrected chi connectivity index (χ0v) is 13.7. The molecule has 0 saturated heterocycles. The van der Waals surface area contributed by atoms with Crippen LogP contribution in [0.4, 0.5) is 18.9 Å². The minimum Gasteiger partial charge on any atom is -0.399 e. The molecule has 0 saturated carbocycles. The van der Waals surface area contributed by atoms with Crippen molar-refractivity contribution in [1.82, 2.24) is 19.7 Å². The molecule has 26 heavy (non-hydrogen) atoms. The van der Waals surface area contributed by atoms with Crippen molar-refractivity contribution < 1.29 is 21.6 Å².